The van der Waals surface area contributed by atoms with Crippen molar-refractivity contribution in [3.05, 3.63) is 30.1 Å². The molecule has 4 saturated carbocycles. The lowest BCUT2D eigenvalue weighted by atomic mass is 9.44. The third-order valence-corrected chi connectivity index (χ3v) is 12.7. The molecule has 4 unspecified atom stereocenters. The topological polar surface area (TPSA) is 63.2 Å². The number of hydrogen-bond acceptors (Lipinski definition) is 5. The van der Waals surface area contributed by atoms with Gasteiger partial charge in [-0.15, -0.1) is 0 Å². The molecule has 2 N–H and O–H groups in total. The van der Waals surface area contributed by atoms with Crippen LogP contribution in [0.5, 0.6) is 0 Å². The van der Waals surface area contributed by atoms with E-state index in [9.17, 15) is 4.79 Å². The van der Waals surface area contributed by atoms with Gasteiger partial charge in [-0.1, -0.05) is 26.8 Å². The second kappa shape index (κ2) is 13.2. The molecule has 5 rings (SSSR count). The Hall–Kier alpha value is -1.46. The number of rotatable bonds is 12. The zero-order valence-corrected chi connectivity index (χ0v) is 25.9. The molecule has 0 aromatic carbocycles. The molecule has 0 amide bonds. The van der Waals surface area contributed by atoms with E-state index < -0.39 is 0 Å². The van der Waals surface area contributed by atoms with Gasteiger partial charge in [0.15, 0.2) is 0 Å². The molecule has 0 spiro atoms. The number of carbonyl (C=O) groups excluding carboxylic acids is 1. The predicted octanol–water partition coefficient (Wildman–Crippen LogP) is 7.16. The molecule has 9 atom stereocenters. The maximum atomic E-state index is 11.8. The Balaban J connectivity index is 1.07. The van der Waals surface area contributed by atoms with E-state index in [-0.39, 0.29) is 5.97 Å². The molecule has 5 nitrogen and oxygen atoms in total. The number of ether oxygens (including phenoxy) is 1. The number of pyridine rings is 1. The molecule has 1 heterocycles. The van der Waals surface area contributed by atoms with Gasteiger partial charge < -0.3 is 15.4 Å². The first-order valence-corrected chi connectivity index (χ1v) is 16.8. The van der Waals surface area contributed by atoms with Crippen LogP contribution in [0, 0.1) is 46.3 Å². The fourth-order valence-electron chi connectivity index (χ4n) is 10.5. The zero-order chi connectivity index (χ0) is 28.2. The molecule has 40 heavy (non-hydrogen) atoms. The first-order valence-electron chi connectivity index (χ1n) is 16.8. The highest BCUT2D eigenvalue weighted by Crippen LogP contribution is 2.68. The van der Waals surface area contributed by atoms with Crippen molar-refractivity contribution in [2.75, 3.05) is 20.2 Å². The normalized spacial score (nSPS) is 37.7. The molecule has 4 aliphatic rings. The highest BCUT2D eigenvalue weighted by Gasteiger charge is 2.60. The SMILES string of the molecule is COC(=O)CCC(C)[C@H]1CCC2C3CC[C@H]4C[C@@H](NCCCCNCc5ccccn5)CC[C@]4(C)C3CC[C@@]21C. The molecule has 1 aromatic heterocycles. The molecule has 224 valence electrons. The summed E-state index contributed by atoms with van der Waals surface area (Å²) in [6.45, 7) is 10.8. The van der Waals surface area contributed by atoms with Crippen molar-refractivity contribution in [2.24, 2.45) is 46.3 Å². The van der Waals surface area contributed by atoms with Gasteiger partial charge in [-0.25, -0.2) is 0 Å². The lowest BCUT2D eigenvalue weighted by Gasteiger charge is -2.61. The average Bonchev–Trinajstić information content (AvgIpc) is 3.33. The van der Waals surface area contributed by atoms with Gasteiger partial charge in [-0.3, -0.25) is 9.78 Å². The molecule has 0 bridgehead atoms. The Kier molecular flexibility index (Phi) is 9.93. The van der Waals surface area contributed by atoms with E-state index in [1.54, 1.807) is 0 Å². The Bertz CT molecular complexity index is 955. The fourth-order valence-corrected chi connectivity index (χ4v) is 10.5. The van der Waals surface area contributed by atoms with Crippen LogP contribution < -0.4 is 10.6 Å². The summed E-state index contributed by atoms with van der Waals surface area (Å²) in [5.41, 5.74) is 2.15. The lowest BCUT2D eigenvalue weighted by Crippen LogP contribution is -2.55. The van der Waals surface area contributed by atoms with Crippen molar-refractivity contribution >= 4 is 5.97 Å². The Morgan fingerprint density at radius 3 is 2.62 bits per heavy atom. The summed E-state index contributed by atoms with van der Waals surface area (Å²) in [5.74, 6) is 5.02. The molecule has 0 radical (unpaired) electrons. The van der Waals surface area contributed by atoms with E-state index in [1.807, 2.05) is 12.3 Å². The molecular weight excluding hydrogens is 494 g/mol. The van der Waals surface area contributed by atoms with Crippen molar-refractivity contribution in [3.63, 3.8) is 0 Å². The number of nitrogens with one attached hydrogen (secondary N) is 2. The van der Waals surface area contributed by atoms with Crippen molar-refractivity contribution < 1.29 is 9.53 Å². The predicted molar refractivity (Wildman–Crippen MR) is 163 cm³/mol. The maximum absolute atomic E-state index is 11.8. The largest absolute Gasteiger partial charge is 0.469 e. The number of fused-ring (bicyclic) bond motifs is 5. The van der Waals surface area contributed by atoms with Crippen LogP contribution >= 0.6 is 0 Å². The molecular formula is C35H57N3O2. The van der Waals surface area contributed by atoms with Crippen LogP contribution in [0.3, 0.4) is 0 Å². The van der Waals surface area contributed by atoms with Gasteiger partial charge >= 0.3 is 5.97 Å². The van der Waals surface area contributed by atoms with Gasteiger partial charge in [0.25, 0.3) is 0 Å². The number of unbranched alkanes of at least 4 members (excludes halogenated alkanes) is 1. The van der Waals surface area contributed by atoms with Crippen molar-refractivity contribution in [1.29, 1.82) is 0 Å². The first kappa shape index (κ1) is 30.0. The summed E-state index contributed by atoms with van der Waals surface area (Å²) in [6.07, 6.45) is 18.6. The van der Waals surface area contributed by atoms with Crippen LogP contribution in [0.4, 0.5) is 0 Å². The third-order valence-electron chi connectivity index (χ3n) is 12.7. The van der Waals surface area contributed by atoms with E-state index in [4.69, 9.17) is 4.74 Å². The van der Waals surface area contributed by atoms with Gasteiger partial charge in [0, 0.05) is 25.2 Å². The smallest absolute Gasteiger partial charge is 0.305 e. The average molecular weight is 552 g/mol. The van der Waals surface area contributed by atoms with Crippen molar-refractivity contribution in [2.45, 2.75) is 117 Å². The monoisotopic (exact) mass is 551 g/mol. The van der Waals surface area contributed by atoms with Crippen LogP contribution in [0.2, 0.25) is 0 Å². The van der Waals surface area contributed by atoms with Gasteiger partial charge in [0.05, 0.1) is 12.8 Å². The number of methoxy groups -OCH3 is 1. The van der Waals surface area contributed by atoms with E-state index in [1.165, 1.54) is 77.7 Å². The number of carbonyl (C=O) groups is 1. The fraction of sp³-hybridized carbons (Fsp3) is 0.829. The van der Waals surface area contributed by atoms with Crippen LogP contribution in [0.25, 0.3) is 0 Å². The van der Waals surface area contributed by atoms with E-state index in [0.29, 0.717) is 23.2 Å². The van der Waals surface area contributed by atoms with Crippen LogP contribution in [0.1, 0.15) is 110 Å². The second-order valence-corrected chi connectivity index (χ2v) is 14.6. The first-order chi connectivity index (χ1) is 19.3. The van der Waals surface area contributed by atoms with Crippen molar-refractivity contribution in [1.82, 2.24) is 15.6 Å². The summed E-state index contributed by atoms with van der Waals surface area (Å²) in [6, 6.07) is 6.84. The van der Waals surface area contributed by atoms with Gasteiger partial charge in [-0.2, -0.15) is 0 Å². The number of esters is 1. The summed E-state index contributed by atoms with van der Waals surface area (Å²) in [7, 11) is 1.52. The minimum atomic E-state index is -0.0415. The highest BCUT2D eigenvalue weighted by atomic mass is 16.5. The summed E-state index contributed by atoms with van der Waals surface area (Å²) < 4.78 is 4.94. The van der Waals surface area contributed by atoms with E-state index in [0.717, 1.165) is 67.4 Å². The van der Waals surface area contributed by atoms with Gasteiger partial charge in [0.1, 0.15) is 0 Å². The maximum Gasteiger partial charge on any atom is 0.305 e. The standard InChI is InChI=1S/C35H57N3O2/c1-25(10-15-33(39)40-4)30-13-14-31-29-12-11-26-23-27(16-18-34(26,2)32(29)17-19-35(30,31)3)37-22-8-7-20-36-24-28-9-5-6-21-38-28/h5-6,9,21,25-27,29-32,36-37H,7-8,10-20,22-24H2,1-4H3/t25?,26-,27-,29?,30+,31?,32?,34-,35+/m0/s1. The van der Waals surface area contributed by atoms with Gasteiger partial charge in [0.2, 0.25) is 0 Å². The molecule has 0 aliphatic heterocycles. The summed E-state index contributed by atoms with van der Waals surface area (Å²) >= 11 is 0. The van der Waals surface area contributed by atoms with Crippen molar-refractivity contribution in [3.8, 4) is 0 Å². The van der Waals surface area contributed by atoms with E-state index in [2.05, 4.69) is 48.5 Å². The third kappa shape index (κ3) is 6.31. The second-order valence-electron chi connectivity index (χ2n) is 14.6. The molecule has 4 aliphatic carbocycles. The van der Waals surface area contributed by atoms with Crippen LogP contribution in [0.15, 0.2) is 24.4 Å². The molecule has 0 saturated heterocycles. The number of nitrogens with zero attached hydrogens (tertiary/aromatic N) is 1. The minimum absolute atomic E-state index is 0.0415. The Morgan fingerprint density at radius 2 is 1.82 bits per heavy atom. The molecule has 4 fully saturated rings. The molecule has 1 aromatic rings. The minimum Gasteiger partial charge on any atom is -0.469 e. The van der Waals surface area contributed by atoms with Crippen LogP contribution in [-0.4, -0.2) is 37.2 Å². The van der Waals surface area contributed by atoms with Gasteiger partial charge in [-0.05, 0) is 149 Å². The zero-order valence-electron chi connectivity index (χ0n) is 25.9. The summed E-state index contributed by atoms with van der Waals surface area (Å²) in [4.78, 5) is 16.2. The van der Waals surface area contributed by atoms with Crippen LogP contribution in [-0.2, 0) is 16.1 Å². The highest BCUT2D eigenvalue weighted by molar-refractivity contribution is 5.69. The summed E-state index contributed by atoms with van der Waals surface area (Å²) in [5, 5.41) is 7.50. The lowest BCUT2D eigenvalue weighted by molar-refractivity contribution is -0.141. The number of hydrogen-bond donors (Lipinski definition) is 2. The molecule has 5 heteroatoms. The Labute approximate surface area is 244 Å². The van der Waals surface area contributed by atoms with E-state index >= 15 is 0 Å². The quantitative estimate of drug-likeness (QED) is 0.213. The Morgan fingerprint density at radius 1 is 1.02 bits per heavy atom. The number of aromatic nitrogens is 1.